The highest BCUT2D eigenvalue weighted by Crippen LogP contribution is 2.49. The molecule has 0 spiro atoms. The number of hydrogen-bond acceptors (Lipinski definition) is 4. The largest absolute Gasteiger partial charge is 0.378 e. The van der Waals surface area contributed by atoms with Crippen molar-refractivity contribution >= 4 is 11.9 Å². The van der Waals surface area contributed by atoms with Crippen LogP contribution in [0.15, 0.2) is 0 Å². The molecule has 132 valence electrons. The number of amides is 3. The molecular formula is C16H30N4O3. The molecule has 4 N–H and O–H groups in total. The Bertz CT molecular complexity index is 468. The van der Waals surface area contributed by atoms with Gasteiger partial charge in [0.05, 0.1) is 6.10 Å². The zero-order chi connectivity index (χ0) is 17.3. The van der Waals surface area contributed by atoms with Crippen molar-refractivity contribution in [2.75, 3.05) is 26.2 Å². The smallest absolute Gasteiger partial charge is 0.317 e. The molecule has 23 heavy (non-hydrogen) atoms. The van der Waals surface area contributed by atoms with Crippen LogP contribution in [0.5, 0.6) is 0 Å². The van der Waals surface area contributed by atoms with Gasteiger partial charge in [0.15, 0.2) is 0 Å². The molecule has 0 aromatic carbocycles. The summed E-state index contributed by atoms with van der Waals surface area (Å²) >= 11 is 0. The topological polar surface area (TPSA) is 96.7 Å². The van der Waals surface area contributed by atoms with E-state index in [2.05, 4.69) is 10.6 Å². The maximum absolute atomic E-state index is 12.7. The van der Waals surface area contributed by atoms with Crippen LogP contribution in [0.1, 0.15) is 40.5 Å². The molecule has 7 heteroatoms. The molecule has 0 radical (unpaired) electrons. The van der Waals surface area contributed by atoms with Gasteiger partial charge in [-0.1, -0.05) is 13.8 Å². The minimum Gasteiger partial charge on any atom is -0.378 e. The number of carbonyl (C=O) groups excluding carboxylic acids is 2. The van der Waals surface area contributed by atoms with Gasteiger partial charge < -0.3 is 26.0 Å². The molecule has 3 atom stereocenters. The number of urea groups is 1. The second kappa shape index (κ2) is 6.65. The van der Waals surface area contributed by atoms with Crippen molar-refractivity contribution in [3.05, 3.63) is 0 Å². The number of likely N-dealkylation sites (tertiary alicyclic amines) is 1. The van der Waals surface area contributed by atoms with Gasteiger partial charge in [0.25, 0.3) is 0 Å². The molecule has 3 amide bonds. The van der Waals surface area contributed by atoms with E-state index in [0.717, 1.165) is 6.42 Å². The molecule has 1 heterocycles. The maximum atomic E-state index is 12.7. The zero-order valence-electron chi connectivity index (χ0n) is 14.6. The molecule has 2 aliphatic rings. The minimum atomic E-state index is -0.911. The van der Waals surface area contributed by atoms with Crippen LogP contribution in [-0.2, 0) is 9.53 Å². The van der Waals surface area contributed by atoms with Crippen molar-refractivity contribution in [3.8, 4) is 0 Å². The van der Waals surface area contributed by atoms with Crippen molar-refractivity contribution in [3.63, 3.8) is 0 Å². The first-order valence-electron chi connectivity index (χ1n) is 8.50. The molecule has 1 saturated heterocycles. The second-order valence-corrected chi connectivity index (χ2v) is 7.08. The predicted molar refractivity (Wildman–Crippen MR) is 87.9 cm³/mol. The van der Waals surface area contributed by atoms with Crippen LogP contribution < -0.4 is 16.4 Å². The third-order valence-corrected chi connectivity index (χ3v) is 5.37. The molecule has 2 rings (SSSR count). The van der Waals surface area contributed by atoms with Gasteiger partial charge in [0.2, 0.25) is 5.91 Å². The van der Waals surface area contributed by atoms with Gasteiger partial charge in [-0.25, -0.2) is 4.79 Å². The van der Waals surface area contributed by atoms with E-state index < -0.39 is 11.0 Å². The molecule has 1 aliphatic heterocycles. The summed E-state index contributed by atoms with van der Waals surface area (Å²) in [6.07, 6.45) is 1.31. The van der Waals surface area contributed by atoms with Crippen LogP contribution in [0.3, 0.4) is 0 Å². The lowest BCUT2D eigenvalue weighted by Gasteiger charge is -2.57. The van der Waals surface area contributed by atoms with Gasteiger partial charge in [0.1, 0.15) is 5.54 Å². The third-order valence-electron chi connectivity index (χ3n) is 5.37. The van der Waals surface area contributed by atoms with Gasteiger partial charge >= 0.3 is 6.03 Å². The number of rotatable bonds is 5. The Labute approximate surface area is 138 Å². The lowest BCUT2D eigenvalue weighted by Crippen LogP contribution is -2.76. The van der Waals surface area contributed by atoms with Crippen molar-refractivity contribution in [2.24, 2.45) is 11.1 Å². The molecular weight excluding hydrogens is 296 g/mol. The van der Waals surface area contributed by atoms with Gasteiger partial charge in [-0.05, 0) is 20.3 Å². The highest BCUT2D eigenvalue weighted by atomic mass is 16.5. The first kappa shape index (κ1) is 18.0. The molecule has 7 nitrogen and oxygen atoms in total. The minimum absolute atomic E-state index is 0.0126. The van der Waals surface area contributed by atoms with Crippen LogP contribution in [0.25, 0.3) is 0 Å². The molecule has 0 aromatic rings. The average molecular weight is 326 g/mol. The number of nitrogens with zero attached hydrogens (tertiary/aromatic N) is 1. The van der Waals surface area contributed by atoms with Crippen molar-refractivity contribution in [2.45, 2.75) is 58.2 Å². The maximum Gasteiger partial charge on any atom is 0.317 e. The number of ether oxygens (including phenoxy) is 1. The van der Waals surface area contributed by atoms with Crippen molar-refractivity contribution < 1.29 is 14.3 Å². The first-order valence-corrected chi connectivity index (χ1v) is 8.50. The van der Waals surface area contributed by atoms with Gasteiger partial charge in [-0.3, -0.25) is 4.79 Å². The number of nitrogens with one attached hydrogen (secondary N) is 2. The van der Waals surface area contributed by atoms with E-state index in [4.69, 9.17) is 10.5 Å². The fraction of sp³-hybridized carbons (Fsp3) is 0.875. The summed E-state index contributed by atoms with van der Waals surface area (Å²) in [6.45, 7) is 10.2. The highest BCUT2D eigenvalue weighted by Gasteiger charge is 2.63. The number of nitrogens with two attached hydrogens (primary N) is 1. The molecule has 1 saturated carbocycles. The monoisotopic (exact) mass is 326 g/mol. The van der Waals surface area contributed by atoms with E-state index >= 15 is 0 Å². The van der Waals surface area contributed by atoms with E-state index in [1.807, 2.05) is 27.7 Å². The summed E-state index contributed by atoms with van der Waals surface area (Å²) < 4.78 is 5.66. The molecule has 2 fully saturated rings. The van der Waals surface area contributed by atoms with Crippen LogP contribution in [-0.4, -0.2) is 60.8 Å². The quantitative estimate of drug-likeness (QED) is 0.683. The van der Waals surface area contributed by atoms with E-state index in [0.29, 0.717) is 32.7 Å². The van der Waals surface area contributed by atoms with Crippen LogP contribution in [0, 0.1) is 5.41 Å². The van der Waals surface area contributed by atoms with Crippen molar-refractivity contribution in [1.82, 2.24) is 15.5 Å². The standard InChI is InChI=1S/C16H30N4O3/c1-5-18-14(22)20-8-7-11(10-20)19-13(21)16(17)9-12(23-6-2)15(16,3)4/h11-12H,5-10,17H2,1-4H3,(H,18,22)(H,19,21). The summed E-state index contributed by atoms with van der Waals surface area (Å²) in [5.74, 6) is -0.138. The molecule has 1 aliphatic carbocycles. The summed E-state index contributed by atoms with van der Waals surface area (Å²) in [5.41, 5.74) is 5.07. The average Bonchev–Trinajstić information content (AvgIpc) is 2.95. The lowest BCUT2D eigenvalue weighted by molar-refractivity contribution is -0.171. The van der Waals surface area contributed by atoms with Crippen molar-refractivity contribution in [1.29, 1.82) is 0 Å². The van der Waals surface area contributed by atoms with Crippen LogP contribution >= 0.6 is 0 Å². The molecule has 3 unspecified atom stereocenters. The summed E-state index contributed by atoms with van der Waals surface area (Å²) in [7, 11) is 0. The SMILES string of the molecule is CCNC(=O)N1CCC(NC(=O)C2(N)CC(OCC)C2(C)C)C1. The summed E-state index contributed by atoms with van der Waals surface area (Å²) in [6, 6.07) is -0.112. The van der Waals surface area contributed by atoms with E-state index in [9.17, 15) is 9.59 Å². The van der Waals surface area contributed by atoms with E-state index in [1.165, 1.54) is 0 Å². The Morgan fingerprint density at radius 1 is 1.35 bits per heavy atom. The first-order chi connectivity index (χ1) is 10.8. The Morgan fingerprint density at radius 2 is 2.04 bits per heavy atom. The Hall–Kier alpha value is -1.34. The lowest BCUT2D eigenvalue weighted by atomic mass is 9.54. The summed E-state index contributed by atoms with van der Waals surface area (Å²) in [4.78, 5) is 26.2. The van der Waals surface area contributed by atoms with Gasteiger partial charge in [0, 0.05) is 44.1 Å². The Kier molecular flexibility index (Phi) is 5.20. The molecule has 0 bridgehead atoms. The fourth-order valence-corrected chi connectivity index (χ4v) is 3.46. The predicted octanol–water partition coefficient (Wildman–Crippen LogP) is 0.439. The Morgan fingerprint density at radius 3 is 2.61 bits per heavy atom. The highest BCUT2D eigenvalue weighted by molar-refractivity contribution is 5.89. The number of carbonyl (C=O) groups is 2. The third kappa shape index (κ3) is 3.17. The zero-order valence-corrected chi connectivity index (χ0v) is 14.6. The second-order valence-electron chi connectivity index (χ2n) is 7.08. The van der Waals surface area contributed by atoms with Gasteiger partial charge in [-0.15, -0.1) is 0 Å². The van der Waals surface area contributed by atoms with Crippen LogP contribution in [0.4, 0.5) is 4.79 Å². The van der Waals surface area contributed by atoms with Crippen LogP contribution in [0.2, 0.25) is 0 Å². The van der Waals surface area contributed by atoms with E-state index in [-0.39, 0.29) is 24.1 Å². The fourth-order valence-electron chi connectivity index (χ4n) is 3.46. The molecule has 0 aromatic heterocycles. The van der Waals surface area contributed by atoms with Gasteiger partial charge in [-0.2, -0.15) is 0 Å². The normalized spacial score (nSPS) is 32.3. The Balaban J connectivity index is 1.90. The van der Waals surface area contributed by atoms with E-state index in [1.54, 1.807) is 4.90 Å². The number of hydrogen-bond donors (Lipinski definition) is 3. The summed E-state index contributed by atoms with van der Waals surface area (Å²) in [5, 5.41) is 5.81.